The Kier molecular flexibility index (Phi) is 5.13. The summed E-state index contributed by atoms with van der Waals surface area (Å²) >= 11 is 2.28. The number of nitrogens with one attached hydrogen (secondary N) is 1. The molecule has 148 valence electrons. The monoisotopic (exact) mass is 499 g/mol. The van der Waals surface area contributed by atoms with Crippen molar-refractivity contribution in [1.82, 2.24) is 15.1 Å². The molecule has 6 heteroatoms. The van der Waals surface area contributed by atoms with Gasteiger partial charge in [-0.1, -0.05) is 36.4 Å². The smallest absolute Gasteiger partial charge is 0.247 e. The van der Waals surface area contributed by atoms with Gasteiger partial charge in [0, 0.05) is 30.0 Å². The van der Waals surface area contributed by atoms with Gasteiger partial charge < -0.3 is 10.1 Å². The number of amides is 1. The summed E-state index contributed by atoms with van der Waals surface area (Å²) in [5.41, 5.74) is 4.04. The molecule has 1 N–H and O–H groups in total. The van der Waals surface area contributed by atoms with Gasteiger partial charge >= 0.3 is 0 Å². The normalized spacial score (nSPS) is 23.6. The van der Waals surface area contributed by atoms with Gasteiger partial charge in [-0.15, -0.1) is 0 Å². The molecule has 2 aromatic carbocycles. The Morgan fingerprint density at radius 1 is 1.17 bits per heavy atom. The molecule has 0 saturated carbocycles. The molecule has 2 saturated heterocycles. The average Bonchev–Trinajstić information content (AvgIpc) is 3.29. The predicted octanol–water partition coefficient (Wildman–Crippen LogP) is 4.64. The molecule has 0 bridgehead atoms. The molecule has 5 rings (SSSR count). The highest BCUT2D eigenvalue weighted by Gasteiger charge is 2.29. The van der Waals surface area contributed by atoms with Gasteiger partial charge in [-0.05, 0) is 71.2 Å². The van der Waals surface area contributed by atoms with Crippen molar-refractivity contribution in [3.8, 4) is 0 Å². The van der Waals surface area contributed by atoms with Crippen LogP contribution >= 0.6 is 22.6 Å². The van der Waals surface area contributed by atoms with Crippen molar-refractivity contribution in [1.29, 1.82) is 0 Å². The van der Waals surface area contributed by atoms with Crippen molar-refractivity contribution in [3.05, 3.63) is 68.9 Å². The first-order valence-electron chi connectivity index (χ1n) is 10.0. The van der Waals surface area contributed by atoms with E-state index in [-0.39, 0.29) is 18.1 Å². The van der Waals surface area contributed by atoms with Crippen LogP contribution in [0.1, 0.15) is 42.5 Å². The quantitative estimate of drug-likeness (QED) is 0.422. The number of fused-ring (bicyclic) bond motifs is 1. The summed E-state index contributed by atoms with van der Waals surface area (Å²) < 4.78 is 8.96. The number of carbonyl (C=O) groups is 1. The van der Waals surface area contributed by atoms with E-state index in [4.69, 9.17) is 9.84 Å². The van der Waals surface area contributed by atoms with Crippen molar-refractivity contribution < 1.29 is 9.53 Å². The lowest BCUT2D eigenvalue weighted by Crippen LogP contribution is -2.19. The Morgan fingerprint density at radius 2 is 2.03 bits per heavy atom. The number of hydrogen-bond acceptors (Lipinski definition) is 3. The fraction of sp³-hybridized carbons (Fsp3) is 0.304. The Bertz CT molecular complexity index is 1080. The van der Waals surface area contributed by atoms with Crippen LogP contribution in [0.15, 0.2) is 54.1 Å². The van der Waals surface area contributed by atoms with Crippen LogP contribution in [0.2, 0.25) is 0 Å². The van der Waals surface area contributed by atoms with E-state index < -0.39 is 0 Å². The molecule has 2 fully saturated rings. The second-order valence-corrected chi connectivity index (χ2v) is 8.63. The topological polar surface area (TPSA) is 56.2 Å². The zero-order valence-electron chi connectivity index (χ0n) is 16.0. The Labute approximate surface area is 183 Å². The maximum absolute atomic E-state index is 12.5. The molecule has 3 aromatic rings. The largest absolute Gasteiger partial charge is 0.356 e. The van der Waals surface area contributed by atoms with Gasteiger partial charge in [-0.25, -0.2) is 4.68 Å². The first-order valence-corrected chi connectivity index (χ1v) is 11.1. The van der Waals surface area contributed by atoms with Crippen molar-refractivity contribution in [2.24, 2.45) is 0 Å². The summed E-state index contributed by atoms with van der Waals surface area (Å²) in [5.74, 6) is 0.0868. The van der Waals surface area contributed by atoms with Crippen LogP contribution in [0.4, 0.5) is 0 Å². The lowest BCUT2D eigenvalue weighted by atomic mass is 9.92. The van der Waals surface area contributed by atoms with E-state index >= 15 is 0 Å². The Balaban J connectivity index is 1.55. The maximum Gasteiger partial charge on any atom is 0.247 e. The van der Waals surface area contributed by atoms with Gasteiger partial charge in [-0.3, -0.25) is 4.79 Å². The number of benzene rings is 2. The van der Waals surface area contributed by atoms with Crippen molar-refractivity contribution in [2.75, 3.05) is 13.2 Å². The van der Waals surface area contributed by atoms with Crippen LogP contribution in [-0.2, 0) is 9.53 Å². The molecule has 3 heterocycles. The fourth-order valence-corrected chi connectivity index (χ4v) is 4.92. The van der Waals surface area contributed by atoms with Crippen molar-refractivity contribution in [3.63, 3.8) is 0 Å². The van der Waals surface area contributed by atoms with Crippen LogP contribution in [0.25, 0.3) is 17.0 Å². The zero-order chi connectivity index (χ0) is 19.8. The molecule has 1 amide bonds. The molecule has 0 radical (unpaired) electrons. The maximum atomic E-state index is 12.5. The van der Waals surface area contributed by atoms with E-state index in [0.29, 0.717) is 6.54 Å². The summed E-state index contributed by atoms with van der Waals surface area (Å²) in [5, 5.41) is 8.86. The second kappa shape index (κ2) is 7.91. The third-order valence-electron chi connectivity index (χ3n) is 5.74. The number of hydrogen-bond donors (Lipinski definition) is 1. The van der Waals surface area contributed by atoms with Crippen LogP contribution in [0.5, 0.6) is 0 Å². The number of carbonyl (C=O) groups excluding carboxylic acids is 1. The van der Waals surface area contributed by atoms with Gasteiger partial charge in [-0.2, -0.15) is 5.10 Å². The molecule has 2 atom stereocenters. The average molecular weight is 499 g/mol. The fourth-order valence-electron chi connectivity index (χ4n) is 4.23. The number of halogens is 1. The molecule has 5 nitrogen and oxygen atoms in total. The first-order chi connectivity index (χ1) is 14.2. The van der Waals surface area contributed by atoms with E-state index in [2.05, 4.69) is 58.2 Å². The number of rotatable bonds is 3. The van der Waals surface area contributed by atoms with Gasteiger partial charge in [0.2, 0.25) is 5.91 Å². The molecule has 2 aliphatic heterocycles. The number of aromatic nitrogens is 2. The summed E-state index contributed by atoms with van der Waals surface area (Å²) in [7, 11) is 0. The second-order valence-electron chi connectivity index (χ2n) is 7.61. The first kappa shape index (κ1) is 18.8. The van der Waals surface area contributed by atoms with Gasteiger partial charge in [0.25, 0.3) is 0 Å². The predicted molar refractivity (Wildman–Crippen MR) is 121 cm³/mol. The molecule has 0 aliphatic carbocycles. The van der Waals surface area contributed by atoms with E-state index in [9.17, 15) is 4.79 Å². The zero-order valence-corrected chi connectivity index (χ0v) is 18.1. The highest BCUT2D eigenvalue weighted by molar-refractivity contribution is 14.1. The highest BCUT2D eigenvalue weighted by atomic mass is 127. The van der Waals surface area contributed by atoms with Crippen molar-refractivity contribution >= 4 is 45.5 Å². The molecule has 0 spiro atoms. The van der Waals surface area contributed by atoms with E-state index in [1.165, 1.54) is 0 Å². The summed E-state index contributed by atoms with van der Waals surface area (Å²) in [6.07, 6.45) is 5.26. The Hall–Kier alpha value is -2.19. The minimum atomic E-state index is -0.00971. The molecule has 2 unspecified atom stereocenters. The van der Waals surface area contributed by atoms with Crippen LogP contribution in [0.3, 0.4) is 0 Å². The van der Waals surface area contributed by atoms with Crippen LogP contribution in [-0.4, -0.2) is 28.8 Å². The number of ether oxygens (including phenoxy) is 1. The number of nitrogens with zero attached hydrogens (tertiary/aromatic N) is 2. The van der Waals surface area contributed by atoms with E-state index in [0.717, 1.165) is 57.2 Å². The van der Waals surface area contributed by atoms with Gasteiger partial charge in [0.1, 0.15) is 3.70 Å². The minimum Gasteiger partial charge on any atom is -0.356 e. The molecule has 29 heavy (non-hydrogen) atoms. The molecule has 1 aromatic heterocycles. The summed E-state index contributed by atoms with van der Waals surface area (Å²) in [4.78, 5) is 12.5. The van der Waals surface area contributed by atoms with Crippen molar-refractivity contribution in [2.45, 2.75) is 31.4 Å². The third-order valence-corrected chi connectivity index (χ3v) is 6.54. The SMILES string of the molecule is O=C1NCC(c2ccccc2)/C1=C\c1ccc2c(I)nn(C3CCCCO3)c2c1. The van der Waals surface area contributed by atoms with Gasteiger partial charge in [0.15, 0.2) is 6.23 Å². The van der Waals surface area contributed by atoms with Gasteiger partial charge in [0.05, 0.1) is 5.52 Å². The third kappa shape index (κ3) is 3.59. The van der Waals surface area contributed by atoms with Crippen LogP contribution in [0, 0.1) is 3.70 Å². The highest BCUT2D eigenvalue weighted by Crippen LogP contribution is 2.32. The van der Waals surface area contributed by atoms with Crippen LogP contribution < -0.4 is 5.32 Å². The molecule has 2 aliphatic rings. The van der Waals surface area contributed by atoms with E-state index in [1.807, 2.05) is 29.0 Å². The molecular formula is C23H22IN3O2. The lowest BCUT2D eigenvalue weighted by molar-refractivity contribution is -0.116. The molecular weight excluding hydrogens is 477 g/mol. The summed E-state index contributed by atoms with van der Waals surface area (Å²) in [6, 6.07) is 16.5. The standard InChI is InChI=1S/C23H22IN3O2/c24-22-17-10-9-15(13-20(17)27(26-22)21-8-4-5-11-29-21)12-18-19(14-25-23(18)28)16-6-2-1-3-7-16/h1-3,6-7,9-10,12-13,19,21H,4-5,8,11,14H2,(H,25,28)/b18-12+. The summed E-state index contributed by atoms with van der Waals surface area (Å²) in [6.45, 7) is 1.42. The van der Waals surface area contributed by atoms with E-state index in [1.54, 1.807) is 0 Å². The lowest BCUT2D eigenvalue weighted by Gasteiger charge is -2.23. The Morgan fingerprint density at radius 3 is 2.83 bits per heavy atom. The minimum absolute atomic E-state index is 0.00971.